The van der Waals surface area contributed by atoms with Crippen LogP contribution in [0.1, 0.15) is 0 Å². The number of nitrogens with zero attached hydrogens (tertiary/aromatic N) is 6. The van der Waals surface area contributed by atoms with E-state index >= 15 is 0 Å². The molecule has 252 valence electrons. The monoisotopic (exact) mass is 690 g/mol. The average molecular weight is 691 g/mol. The van der Waals surface area contributed by atoms with Gasteiger partial charge in [-0.05, 0) is 122 Å². The molecule has 6 heterocycles. The molecule has 0 spiro atoms. The minimum absolute atomic E-state index is 0.849. The Labute approximate surface area is 311 Å². The highest BCUT2D eigenvalue weighted by atomic mass is 14.8. The van der Waals surface area contributed by atoms with Crippen LogP contribution in [0.5, 0.6) is 0 Å². The molecule has 0 aliphatic heterocycles. The molecule has 6 nitrogen and oxygen atoms in total. The predicted octanol–water partition coefficient (Wildman–Crippen LogP) is 11.5. The summed E-state index contributed by atoms with van der Waals surface area (Å²) in [5, 5.41) is 7.11. The third-order valence-electron chi connectivity index (χ3n) is 10.0. The largest absolute Gasteiger partial charge is 0.255 e. The fourth-order valence-electron chi connectivity index (χ4n) is 7.24. The first-order chi connectivity index (χ1) is 26.7. The molecule has 0 N–H and O–H groups in total. The smallest absolute Gasteiger partial charge is 0.0886 e. The lowest BCUT2D eigenvalue weighted by atomic mass is 9.89. The van der Waals surface area contributed by atoms with Crippen LogP contribution in [0.4, 0.5) is 0 Å². The van der Waals surface area contributed by atoms with Gasteiger partial charge in [-0.25, -0.2) is 0 Å². The molecular formula is C48H30N6. The van der Waals surface area contributed by atoms with Gasteiger partial charge in [0.25, 0.3) is 0 Å². The highest BCUT2D eigenvalue weighted by Crippen LogP contribution is 2.40. The third kappa shape index (κ3) is 5.72. The predicted molar refractivity (Wildman–Crippen MR) is 218 cm³/mol. The number of benzene rings is 4. The van der Waals surface area contributed by atoms with E-state index in [1.165, 1.54) is 32.3 Å². The van der Waals surface area contributed by atoms with Crippen molar-refractivity contribution in [1.82, 2.24) is 29.9 Å². The van der Waals surface area contributed by atoms with Gasteiger partial charge in [0.05, 0.1) is 34.2 Å². The Hall–Kier alpha value is -7.44. The molecule has 0 fully saturated rings. The van der Waals surface area contributed by atoms with Crippen molar-refractivity contribution in [2.24, 2.45) is 0 Å². The van der Waals surface area contributed by atoms with E-state index in [-0.39, 0.29) is 0 Å². The van der Waals surface area contributed by atoms with Crippen molar-refractivity contribution < 1.29 is 0 Å². The zero-order chi connectivity index (χ0) is 35.8. The number of hydrogen-bond donors (Lipinski definition) is 0. The van der Waals surface area contributed by atoms with Gasteiger partial charge in [0, 0.05) is 53.9 Å². The van der Waals surface area contributed by atoms with Gasteiger partial charge in [-0.1, -0.05) is 72.8 Å². The van der Waals surface area contributed by atoms with E-state index in [0.29, 0.717) is 0 Å². The van der Waals surface area contributed by atoms with Crippen molar-refractivity contribution in [1.29, 1.82) is 0 Å². The Morgan fingerprint density at radius 1 is 0.222 bits per heavy atom. The van der Waals surface area contributed by atoms with Gasteiger partial charge in [0.1, 0.15) is 0 Å². The molecule has 4 aromatic carbocycles. The lowest BCUT2D eigenvalue weighted by Gasteiger charge is -2.15. The summed E-state index contributed by atoms with van der Waals surface area (Å²) in [5.41, 5.74) is 11.6. The highest BCUT2D eigenvalue weighted by Gasteiger charge is 2.14. The number of fused-ring (bicyclic) bond motifs is 6. The first-order valence-corrected chi connectivity index (χ1v) is 17.8. The number of aromatic nitrogens is 6. The van der Waals surface area contributed by atoms with E-state index < -0.39 is 0 Å². The number of rotatable bonds is 6. The maximum absolute atomic E-state index is 4.78. The fourth-order valence-corrected chi connectivity index (χ4v) is 7.24. The second-order valence-electron chi connectivity index (χ2n) is 13.2. The lowest BCUT2D eigenvalue weighted by molar-refractivity contribution is 1.25. The third-order valence-corrected chi connectivity index (χ3v) is 10.0. The van der Waals surface area contributed by atoms with Gasteiger partial charge in [0.15, 0.2) is 0 Å². The van der Waals surface area contributed by atoms with E-state index in [9.17, 15) is 0 Å². The molecule has 0 unspecified atom stereocenters. The SMILES string of the molecule is c1ccc(-c2ccc(-c3ccc4c(c3)c3ccc(-c5ccc(-c6ccccn6)nc5)cc3c3ccc(-c5ccc(-c6ccccn6)nc5)cc43)cn2)nc1. The summed E-state index contributed by atoms with van der Waals surface area (Å²) in [7, 11) is 0. The van der Waals surface area contributed by atoms with Crippen LogP contribution in [0.3, 0.4) is 0 Å². The second-order valence-corrected chi connectivity index (χ2v) is 13.2. The van der Waals surface area contributed by atoms with Crippen LogP contribution in [-0.4, -0.2) is 29.9 Å². The summed E-state index contributed by atoms with van der Waals surface area (Å²) in [6.45, 7) is 0. The molecule has 54 heavy (non-hydrogen) atoms. The molecule has 6 aromatic heterocycles. The topological polar surface area (TPSA) is 77.3 Å². The fraction of sp³-hybridized carbons (Fsp3) is 0. The van der Waals surface area contributed by atoms with Gasteiger partial charge in [-0.2, -0.15) is 0 Å². The molecule has 0 radical (unpaired) electrons. The Bertz CT molecular complexity index is 2580. The maximum Gasteiger partial charge on any atom is 0.0886 e. The Kier molecular flexibility index (Phi) is 7.69. The zero-order valence-electron chi connectivity index (χ0n) is 29.0. The molecule has 10 aromatic rings. The van der Waals surface area contributed by atoms with Gasteiger partial charge in [-0.15, -0.1) is 0 Å². The van der Waals surface area contributed by atoms with Crippen molar-refractivity contribution in [3.05, 3.63) is 183 Å². The van der Waals surface area contributed by atoms with Crippen LogP contribution in [0.15, 0.2) is 183 Å². The highest BCUT2D eigenvalue weighted by molar-refractivity contribution is 6.26. The molecular weight excluding hydrogens is 661 g/mol. The van der Waals surface area contributed by atoms with Crippen molar-refractivity contribution in [3.63, 3.8) is 0 Å². The van der Waals surface area contributed by atoms with Gasteiger partial charge in [0.2, 0.25) is 0 Å². The lowest BCUT2D eigenvalue weighted by Crippen LogP contribution is -1.90. The van der Waals surface area contributed by atoms with Crippen LogP contribution in [-0.2, 0) is 0 Å². The quantitative estimate of drug-likeness (QED) is 0.162. The standard InChI is InChI=1S/C48H30N6/c1-4-22-49-43(7-1)46-19-13-34(28-52-46)31-10-16-37-40(25-31)38-17-11-32(35-14-20-47(53-29-35)44-8-2-5-23-50-44)27-42(38)39-18-12-33(26-41(37)39)36-15-21-48(54-30-36)45-9-3-6-24-51-45/h1-30H. The first kappa shape index (κ1) is 31.3. The molecule has 0 aliphatic rings. The normalized spacial score (nSPS) is 11.3. The van der Waals surface area contributed by atoms with E-state index in [1.807, 2.05) is 91.4 Å². The van der Waals surface area contributed by atoms with Crippen molar-refractivity contribution in [3.8, 4) is 67.5 Å². The minimum Gasteiger partial charge on any atom is -0.255 e. The summed E-state index contributed by atoms with van der Waals surface area (Å²) in [6.07, 6.45) is 11.2. The van der Waals surface area contributed by atoms with Crippen molar-refractivity contribution >= 4 is 32.3 Å². The van der Waals surface area contributed by atoms with Crippen LogP contribution in [0.25, 0.3) is 99.9 Å². The van der Waals surface area contributed by atoms with E-state index in [1.54, 1.807) is 18.6 Å². The maximum atomic E-state index is 4.78. The minimum atomic E-state index is 0.849. The van der Waals surface area contributed by atoms with Gasteiger partial charge in [-0.3, -0.25) is 29.9 Å². The van der Waals surface area contributed by atoms with Crippen LogP contribution in [0, 0.1) is 0 Å². The average Bonchev–Trinajstić information content (AvgIpc) is 3.27. The van der Waals surface area contributed by atoms with Crippen LogP contribution >= 0.6 is 0 Å². The summed E-state index contributed by atoms with van der Waals surface area (Å²) in [4.78, 5) is 27.8. The molecule has 0 amide bonds. The summed E-state index contributed by atoms with van der Waals surface area (Å²) in [5.74, 6) is 0. The van der Waals surface area contributed by atoms with E-state index in [4.69, 9.17) is 15.0 Å². The van der Waals surface area contributed by atoms with Gasteiger partial charge >= 0.3 is 0 Å². The summed E-state index contributed by atoms with van der Waals surface area (Å²) >= 11 is 0. The molecule has 6 heteroatoms. The summed E-state index contributed by atoms with van der Waals surface area (Å²) < 4.78 is 0. The van der Waals surface area contributed by atoms with Crippen molar-refractivity contribution in [2.45, 2.75) is 0 Å². The molecule has 0 saturated carbocycles. The molecule has 10 rings (SSSR count). The Balaban J connectivity index is 1.12. The Morgan fingerprint density at radius 2 is 0.519 bits per heavy atom. The van der Waals surface area contributed by atoms with Crippen LogP contribution < -0.4 is 0 Å². The van der Waals surface area contributed by atoms with Gasteiger partial charge < -0.3 is 0 Å². The first-order valence-electron chi connectivity index (χ1n) is 17.8. The molecule has 0 aliphatic carbocycles. The zero-order valence-corrected chi connectivity index (χ0v) is 29.0. The molecule has 0 atom stereocenters. The number of pyridine rings is 6. The van der Waals surface area contributed by atoms with Crippen molar-refractivity contribution in [2.75, 3.05) is 0 Å². The number of hydrogen-bond acceptors (Lipinski definition) is 6. The second kappa shape index (κ2) is 13.3. The van der Waals surface area contributed by atoms with E-state index in [2.05, 4.69) is 87.7 Å². The Morgan fingerprint density at radius 3 is 0.778 bits per heavy atom. The molecule has 0 saturated heterocycles. The summed E-state index contributed by atoms with van der Waals surface area (Å²) in [6, 6.07) is 50.4. The van der Waals surface area contributed by atoms with Crippen LogP contribution in [0.2, 0.25) is 0 Å². The van der Waals surface area contributed by atoms with E-state index in [0.717, 1.165) is 67.5 Å². The molecule has 0 bridgehead atoms.